The quantitative estimate of drug-likeness (QED) is 0.436. The van der Waals surface area contributed by atoms with Crippen LogP contribution < -0.4 is 10.3 Å². The number of hydrogen-bond donors (Lipinski definition) is 2. The van der Waals surface area contributed by atoms with Gasteiger partial charge in [-0.1, -0.05) is 85.8 Å². The number of imide groups is 1. The highest BCUT2D eigenvalue weighted by molar-refractivity contribution is 6.24. The van der Waals surface area contributed by atoms with E-state index in [2.05, 4.69) is 5.43 Å². The average molecular weight is 454 g/mol. The number of hydrazine groups is 1. The zero-order valence-corrected chi connectivity index (χ0v) is 18.9. The monoisotopic (exact) mass is 453 g/mol. The van der Waals surface area contributed by atoms with Crippen LogP contribution in [0.4, 0.5) is 11.4 Å². The Labute approximate surface area is 199 Å². The Kier molecular flexibility index (Phi) is 6.01. The second kappa shape index (κ2) is 9.25. The van der Waals surface area contributed by atoms with Crippen molar-refractivity contribution < 1.29 is 14.7 Å². The maximum Gasteiger partial charge on any atom is 0.254 e. The minimum atomic E-state index is -0.815. The van der Waals surface area contributed by atoms with Gasteiger partial charge in [0.2, 0.25) is 5.91 Å². The molecule has 1 saturated heterocycles. The fourth-order valence-corrected chi connectivity index (χ4v) is 4.84. The van der Waals surface area contributed by atoms with E-state index in [-0.39, 0.29) is 17.7 Å². The van der Waals surface area contributed by atoms with Gasteiger partial charge in [-0.3, -0.25) is 9.59 Å². The summed E-state index contributed by atoms with van der Waals surface area (Å²) in [4.78, 5) is 28.2. The Morgan fingerprint density at radius 2 is 1.38 bits per heavy atom. The fraction of sp³-hybridized carbons (Fsp3) is 0.214. The molecule has 0 spiro atoms. The Hall–Kier alpha value is -3.74. The number of aliphatic hydroxyl groups is 1. The summed E-state index contributed by atoms with van der Waals surface area (Å²) < 4.78 is 0. The second-order valence-electron chi connectivity index (χ2n) is 8.77. The molecule has 2 heterocycles. The van der Waals surface area contributed by atoms with Gasteiger partial charge in [-0.2, -0.15) is 0 Å². The van der Waals surface area contributed by atoms with Crippen molar-refractivity contribution in [2.45, 2.75) is 31.0 Å². The van der Waals surface area contributed by atoms with E-state index < -0.39 is 24.1 Å². The number of nitrogens with one attached hydrogen (secondary N) is 1. The van der Waals surface area contributed by atoms with E-state index in [1.165, 1.54) is 4.90 Å². The van der Waals surface area contributed by atoms with Gasteiger partial charge in [0.25, 0.3) is 5.91 Å². The first kappa shape index (κ1) is 22.1. The van der Waals surface area contributed by atoms with Crippen LogP contribution in [0.5, 0.6) is 0 Å². The third kappa shape index (κ3) is 3.91. The number of aliphatic hydroxyl groups excluding tert-OH is 1. The predicted octanol–water partition coefficient (Wildman–Crippen LogP) is 3.98. The van der Waals surface area contributed by atoms with E-state index in [4.69, 9.17) is 0 Å². The molecule has 5 unspecified atom stereocenters. The number of nitrogens with zero attached hydrogens (tertiary/aromatic N) is 2. The number of rotatable bonds is 6. The summed E-state index contributed by atoms with van der Waals surface area (Å²) in [6.07, 6.45) is 2.81. The fourth-order valence-electron chi connectivity index (χ4n) is 4.84. The summed E-state index contributed by atoms with van der Waals surface area (Å²) in [5.74, 6) is -1.40. The molecular formula is C28H27N3O3. The molecule has 2 aliphatic heterocycles. The lowest BCUT2D eigenvalue weighted by Gasteiger charge is -2.42. The summed E-state index contributed by atoms with van der Waals surface area (Å²) in [5.41, 5.74) is 5.67. The summed E-state index contributed by atoms with van der Waals surface area (Å²) in [6, 6.07) is 27.0. The number of anilines is 2. The molecule has 5 atom stereocenters. The largest absolute Gasteiger partial charge is 0.390 e. The molecule has 2 aliphatic rings. The van der Waals surface area contributed by atoms with Gasteiger partial charge < -0.3 is 10.5 Å². The Balaban J connectivity index is 1.52. The maximum atomic E-state index is 13.7. The van der Waals surface area contributed by atoms with E-state index in [0.29, 0.717) is 5.69 Å². The first-order chi connectivity index (χ1) is 16.6. The van der Waals surface area contributed by atoms with Gasteiger partial charge in [-0.15, -0.1) is 0 Å². The molecule has 6 nitrogen and oxygen atoms in total. The normalized spacial score (nSPS) is 24.1. The molecule has 0 aromatic heterocycles. The van der Waals surface area contributed by atoms with Crippen LogP contribution in [-0.4, -0.2) is 40.1 Å². The minimum Gasteiger partial charge on any atom is -0.390 e. The lowest BCUT2D eigenvalue weighted by atomic mass is 9.86. The van der Waals surface area contributed by atoms with E-state index in [9.17, 15) is 14.7 Å². The zero-order valence-electron chi connectivity index (χ0n) is 18.9. The van der Waals surface area contributed by atoms with Crippen LogP contribution in [0.15, 0.2) is 103 Å². The van der Waals surface area contributed by atoms with Crippen molar-refractivity contribution in [2.24, 2.45) is 5.92 Å². The molecule has 2 N–H and O–H groups in total. The third-order valence-electron chi connectivity index (χ3n) is 6.69. The van der Waals surface area contributed by atoms with Crippen LogP contribution >= 0.6 is 0 Å². The van der Waals surface area contributed by atoms with Crippen molar-refractivity contribution in [1.29, 1.82) is 0 Å². The smallest absolute Gasteiger partial charge is 0.254 e. The van der Waals surface area contributed by atoms with Crippen molar-refractivity contribution >= 4 is 23.2 Å². The SMILES string of the molecule is CC(c1ccccc1)C(O)C1C=CC2C(=O)N(c3ccccc3)C(=O)C2N1Nc1ccccc1. The number of para-hydroxylation sites is 2. The molecular weight excluding hydrogens is 426 g/mol. The molecule has 0 bridgehead atoms. The number of benzene rings is 3. The van der Waals surface area contributed by atoms with Gasteiger partial charge in [0.05, 0.1) is 23.8 Å². The number of carbonyl (C=O) groups excluding carboxylic acids is 2. The maximum absolute atomic E-state index is 13.7. The summed E-state index contributed by atoms with van der Waals surface area (Å²) in [7, 11) is 0. The number of amides is 2. The van der Waals surface area contributed by atoms with Gasteiger partial charge >= 0.3 is 0 Å². The van der Waals surface area contributed by atoms with Crippen LogP contribution in [0, 0.1) is 5.92 Å². The highest BCUT2D eigenvalue weighted by Gasteiger charge is 2.54. The lowest BCUT2D eigenvalue weighted by Crippen LogP contribution is -2.58. The Morgan fingerprint density at radius 1 is 0.794 bits per heavy atom. The van der Waals surface area contributed by atoms with E-state index in [1.807, 2.05) is 91.9 Å². The summed E-state index contributed by atoms with van der Waals surface area (Å²) in [5, 5.41) is 13.2. The van der Waals surface area contributed by atoms with Crippen molar-refractivity contribution in [3.05, 3.63) is 109 Å². The van der Waals surface area contributed by atoms with Crippen LogP contribution in [0.1, 0.15) is 18.4 Å². The first-order valence-electron chi connectivity index (χ1n) is 11.5. The molecule has 3 aromatic carbocycles. The van der Waals surface area contributed by atoms with Crippen LogP contribution in [0.3, 0.4) is 0 Å². The first-order valence-corrected chi connectivity index (χ1v) is 11.5. The topological polar surface area (TPSA) is 72.9 Å². The second-order valence-corrected chi connectivity index (χ2v) is 8.77. The van der Waals surface area contributed by atoms with Gasteiger partial charge in [0, 0.05) is 11.6 Å². The highest BCUT2D eigenvalue weighted by Crippen LogP contribution is 2.37. The van der Waals surface area contributed by atoms with Crippen LogP contribution in [-0.2, 0) is 9.59 Å². The lowest BCUT2D eigenvalue weighted by molar-refractivity contribution is -0.123. The van der Waals surface area contributed by atoms with Gasteiger partial charge in [0.15, 0.2) is 0 Å². The van der Waals surface area contributed by atoms with Gasteiger partial charge in [-0.05, 0) is 29.8 Å². The summed E-state index contributed by atoms with van der Waals surface area (Å²) >= 11 is 0. The van der Waals surface area contributed by atoms with E-state index in [0.717, 1.165) is 11.3 Å². The molecule has 172 valence electrons. The van der Waals surface area contributed by atoms with Crippen LogP contribution in [0.2, 0.25) is 0 Å². The molecule has 5 rings (SSSR count). The zero-order chi connectivity index (χ0) is 23.7. The van der Waals surface area contributed by atoms with Crippen LogP contribution in [0.25, 0.3) is 0 Å². The number of carbonyl (C=O) groups is 2. The van der Waals surface area contributed by atoms with Crippen molar-refractivity contribution in [3.8, 4) is 0 Å². The minimum absolute atomic E-state index is 0.190. The van der Waals surface area contributed by atoms with E-state index >= 15 is 0 Å². The highest BCUT2D eigenvalue weighted by atomic mass is 16.3. The van der Waals surface area contributed by atoms with Crippen molar-refractivity contribution in [2.75, 3.05) is 10.3 Å². The molecule has 1 fully saturated rings. The molecule has 34 heavy (non-hydrogen) atoms. The molecule has 0 saturated carbocycles. The standard InChI is InChI=1S/C28H27N3O3/c1-19(20-11-5-2-6-12-20)26(32)24-18-17-23-25(31(24)29-21-13-7-3-8-14-21)28(34)30(27(23)33)22-15-9-4-10-16-22/h2-19,23-26,29,32H,1H3. The summed E-state index contributed by atoms with van der Waals surface area (Å²) in [6.45, 7) is 1.97. The Morgan fingerprint density at radius 3 is 2.03 bits per heavy atom. The molecule has 0 radical (unpaired) electrons. The molecule has 6 heteroatoms. The molecule has 3 aromatic rings. The molecule has 0 aliphatic carbocycles. The number of hydrogen-bond acceptors (Lipinski definition) is 5. The van der Waals surface area contributed by atoms with Gasteiger partial charge in [0.1, 0.15) is 6.04 Å². The van der Waals surface area contributed by atoms with Crippen molar-refractivity contribution in [3.63, 3.8) is 0 Å². The Bertz CT molecular complexity index is 1180. The predicted molar refractivity (Wildman–Crippen MR) is 132 cm³/mol. The van der Waals surface area contributed by atoms with E-state index in [1.54, 1.807) is 23.2 Å². The van der Waals surface area contributed by atoms with Gasteiger partial charge in [-0.25, -0.2) is 9.91 Å². The van der Waals surface area contributed by atoms with Crippen molar-refractivity contribution in [1.82, 2.24) is 5.01 Å². The molecule has 2 amide bonds. The third-order valence-corrected chi connectivity index (χ3v) is 6.69. The number of fused-ring (bicyclic) bond motifs is 1. The average Bonchev–Trinajstić information content (AvgIpc) is 3.15.